The molecule has 5 atom stereocenters. The number of H-pyrrole nitrogens is 1. The molecule has 5 unspecified atom stereocenters. The number of nitro benzene ring substituents is 1. The fraction of sp³-hybridized carbons (Fsp3) is 0.440. The second-order valence-electron chi connectivity index (χ2n) is 9.76. The number of hydrogen-bond acceptors (Lipinski definition) is 5. The molecular formula is C25H27N3O4. The summed E-state index contributed by atoms with van der Waals surface area (Å²) < 4.78 is 0. The lowest BCUT2D eigenvalue weighted by Gasteiger charge is -2.44. The van der Waals surface area contributed by atoms with Gasteiger partial charge in [0.1, 0.15) is 5.75 Å². The van der Waals surface area contributed by atoms with Crippen molar-refractivity contribution < 1.29 is 15.1 Å². The van der Waals surface area contributed by atoms with E-state index in [0.29, 0.717) is 11.8 Å². The number of phenolic OH excluding ortho intramolecular Hbond substituents is 1. The molecule has 32 heavy (non-hydrogen) atoms. The first kappa shape index (κ1) is 19.8. The number of fused-ring (bicyclic) bond motifs is 4. The molecule has 1 aliphatic heterocycles. The predicted octanol–water partition coefficient (Wildman–Crippen LogP) is 3.94. The first-order chi connectivity index (χ1) is 15.5. The van der Waals surface area contributed by atoms with E-state index in [2.05, 4.69) is 9.88 Å². The molecule has 1 aromatic heterocycles. The molecule has 3 aromatic rings. The third kappa shape index (κ3) is 3.19. The highest BCUT2D eigenvalue weighted by atomic mass is 16.6. The summed E-state index contributed by atoms with van der Waals surface area (Å²) in [5.41, 5.74) is 4.37. The quantitative estimate of drug-likeness (QED) is 0.427. The van der Waals surface area contributed by atoms with Crippen LogP contribution in [0.2, 0.25) is 0 Å². The number of nitro groups is 1. The lowest BCUT2D eigenvalue weighted by Crippen LogP contribution is -2.46. The van der Waals surface area contributed by atoms with Gasteiger partial charge in [0.15, 0.2) is 0 Å². The minimum atomic E-state index is -0.283. The second kappa shape index (κ2) is 7.32. The summed E-state index contributed by atoms with van der Waals surface area (Å²) in [6.45, 7) is 1.86. The number of benzene rings is 2. The van der Waals surface area contributed by atoms with Crippen molar-refractivity contribution >= 4 is 16.6 Å². The van der Waals surface area contributed by atoms with Gasteiger partial charge < -0.3 is 15.2 Å². The predicted molar refractivity (Wildman–Crippen MR) is 120 cm³/mol. The summed E-state index contributed by atoms with van der Waals surface area (Å²) in [5, 5.41) is 32.7. The van der Waals surface area contributed by atoms with Crippen LogP contribution in [0.3, 0.4) is 0 Å². The summed E-state index contributed by atoms with van der Waals surface area (Å²) in [6, 6.07) is 12.8. The van der Waals surface area contributed by atoms with Gasteiger partial charge >= 0.3 is 0 Å². The molecular weight excluding hydrogens is 406 g/mol. The average Bonchev–Trinajstić information content (AvgIpc) is 3.37. The van der Waals surface area contributed by atoms with Gasteiger partial charge in [0.2, 0.25) is 0 Å². The van der Waals surface area contributed by atoms with E-state index in [-0.39, 0.29) is 34.4 Å². The van der Waals surface area contributed by atoms with Gasteiger partial charge in [-0.15, -0.1) is 0 Å². The Morgan fingerprint density at radius 2 is 1.97 bits per heavy atom. The lowest BCUT2D eigenvalue weighted by molar-refractivity contribution is -0.383. The van der Waals surface area contributed by atoms with E-state index in [1.807, 2.05) is 24.3 Å². The van der Waals surface area contributed by atoms with Gasteiger partial charge in [-0.25, -0.2) is 0 Å². The Labute approximate surface area is 185 Å². The number of nitrogens with zero attached hydrogens (tertiary/aromatic N) is 2. The van der Waals surface area contributed by atoms with Crippen molar-refractivity contribution in [3.63, 3.8) is 0 Å². The van der Waals surface area contributed by atoms with Crippen LogP contribution in [0.25, 0.3) is 10.9 Å². The minimum Gasteiger partial charge on any atom is -0.508 e. The fourth-order valence-corrected chi connectivity index (χ4v) is 6.27. The zero-order valence-electron chi connectivity index (χ0n) is 17.8. The Hall–Kier alpha value is -2.90. The highest BCUT2D eigenvalue weighted by Crippen LogP contribution is 2.48. The first-order valence-corrected chi connectivity index (χ1v) is 11.5. The van der Waals surface area contributed by atoms with Crippen LogP contribution in [0.4, 0.5) is 5.69 Å². The molecule has 3 N–H and O–H groups in total. The molecule has 166 valence electrons. The van der Waals surface area contributed by atoms with Crippen molar-refractivity contribution in [2.75, 3.05) is 13.1 Å². The molecule has 2 aromatic carbocycles. The molecule has 0 bridgehead atoms. The number of aliphatic hydroxyl groups is 1. The zero-order chi connectivity index (χ0) is 22.0. The highest BCUT2D eigenvalue weighted by molar-refractivity contribution is 5.93. The van der Waals surface area contributed by atoms with Crippen molar-refractivity contribution in [1.29, 1.82) is 0 Å². The number of aromatic hydroxyl groups is 1. The van der Waals surface area contributed by atoms with Crippen LogP contribution in [0.1, 0.15) is 35.7 Å². The summed E-state index contributed by atoms with van der Waals surface area (Å²) in [5.74, 6) is 1.43. The standard InChI is InChI=1S/C25H27N3O4/c29-17-4-1-3-15(9-17)25(19-12-23(19)30)27-8-7-14-11-21-18(10-16(14)13-27)24-20(26-21)5-2-6-22(24)28(31)32/h1-6,9,14,16,19,23,25-26,29-30H,7-8,10-13H2. The van der Waals surface area contributed by atoms with Gasteiger partial charge in [-0.05, 0) is 73.4 Å². The van der Waals surface area contributed by atoms with Crippen LogP contribution in [-0.2, 0) is 12.8 Å². The van der Waals surface area contributed by atoms with Gasteiger partial charge in [0, 0.05) is 30.3 Å². The van der Waals surface area contributed by atoms with Crippen LogP contribution in [0.5, 0.6) is 5.75 Å². The van der Waals surface area contributed by atoms with Crippen LogP contribution in [0, 0.1) is 27.9 Å². The number of nitrogens with one attached hydrogen (secondary N) is 1. The third-order valence-corrected chi connectivity index (χ3v) is 7.86. The monoisotopic (exact) mass is 433 g/mol. The molecule has 1 saturated heterocycles. The molecule has 0 amide bonds. The van der Waals surface area contributed by atoms with E-state index in [1.165, 1.54) is 0 Å². The van der Waals surface area contributed by atoms with Crippen LogP contribution in [-0.4, -0.2) is 44.2 Å². The molecule has 6 rings (SSSR count). The largest absolute Gasteiger partial charge is 0.508 e. The van der Waals surface area contributed by atoms with Crippen molar-refractivity contribution in [3.05, 3.63) is 69.4 Å². The number of non-ortho nitro benzene ring substituents is 1. The van der Waals surface area contributed by atoms with Crippen molar-refractivity contribution in [2.45, 2.75) is 37.8 Å². The SMILES string of the molecule is O=[N+]([O-])c1cccc2[nH]c3c(c12)CC1CN(C(c2cccc(O)c2)C2CC2O)CCC1C3. The van der Waals surface area contributed by atoms with Crippen LogP contribution < -0.4 is 0 Å². The number of aliphatic hydroxyl groups excluding tert-OH is 1. The van der Waals surface area contributed by atoms with Gasteiger partial charge in [0.25, 0.3) is 5.69 Å². The van der Waals surface area contributed by atoms with Gasteiger partial charge in [-0.2, -0.15) is 0 Å². The molecule has 0 radical (unpaired) electrons. The molecule has 3 aliphatic rings. The highest BCUT2D eigenvalue weighted by Gasteiger charge is 2.47. The normalized spacial score (nSPS) is 28.2. The van der Waals surface area contributed by atoms with E-state index < -0.39 is 0 Å². The first-order valence-electron chi connectivity index (χ1n) is 11.5. The Morgan fingerprint density at radius 3 is 2.72 bits per heavy atom. The van der Waals surface area contributed by atoms with E-state index in [0.717, 1.165) is 66.5 Å². The molecule has 1 saturated carbocycles. The van der Waals surface area contributed by atoms with Gasteiger partial charge in [-0.3, -0.25) is 15.0 Å². The van der Waals surface area contributed by atoms with Crippen LogP contribution in [0.15, 0.2) is 42.5 Å². The fourth-order valence-electron chi connectivity index (χ4n) is 6.27. The smallest absolute Gasteiger partial charge is 0.279 e. The number of likely N-dealkylation sites (tertiary alicyclic amines) is 1. The van der Waals surface area contributed by atoms with Crippen molar-refractivity contribution in [3.8, 4) is 5.75 Å². The van der Waals surface area contributed by atoms with Crippen LogP contribution >= 0.6 is 0 Å². The Kier molecular flexibility index (Phi) is 4.52. The summed E-state index contributed by atoms with van der Waals surface area (Å²) in [6.07, 6.45) is 3.35. The summed E-state index contributed by atoms with van der Waals surface area (Å²) in [4.78, 5) is 17.3. The van der Waals surface area contributed by atoms with Gasteiger partial charge in [0.05, 0.1) is 21.9 Å². The maximum absolute atomic E-state index is 11.7. The van der Waals surface area contributed by atoms with Crippen molar-refractivity contribution in [2.24, 2.45) is 17.8 Å². The van der Waals surface area contributed by atoms with E-state index >= 15 is 0 Å². The molecule has 2 fully saturated rings. The second-order valence-corrected chi connectivity index (χ2v) is 9.76. The molecule has 0 spiro atoms. The number of rotatable bonds is 4. The maximum atomic E-state index is 11.7. The molecule has 2 aliphatic carbocycles. The number of aromatic amines is 1. The topological polar surface area (TPSA) is 103 Å². The van der Waals surface area contributed by atoms with Crippen molar-refractivity contribution in [1.82, 2.24) is 9.88 Å². The molecule has 7 nitrogen and oxygen atoms in total. The minimum absolute atomic E-state index is 0.0942. The zero-order valence-corrected chi connectivity index (χ0v) is 17.8. The number of hydrogen-bond donors (Lipinski definition) is 3. The summed E-state index contributed by atoms with van der Waals surface area (Å²) >= 11 is 0. The molecule has 2 heterocycles. The van der Waals surface area contributed by atoms with E-state index in [4.69, 9.17) is 0 Å². The summed E-state index contributed by atoms with van der Waals surface area (Å²) in [7, 11) is 0. The Bertz CT molecular complexity index is 1210. The number of piperidine rings is 1. The van der Waals surface area contributed by atoms with Gasteiger partial charge in [-0.1, -0.05) is 18.2 Å². The maximum Gasteiger partial charge on any atom is 0.279 e. The average molecular weight is 434 g/mol. The Morgan fingerprint density at radius 1 is 1.16 bits per heavy atom. The lowest BCUT2D eigenvalue weighted by atomic mass is 9.73. The molecule has 7 heteroatoms. The Balaban J connectivity index is 1.32. The number of phenols is 1. The third-order valence-electron chi connectivity index (χ3n) is 7.86. The van der Waals surface area contributed by atoms with E-state index in [1.54, 1.807) is 18.2 Å². The van der Waals surface area contributed by atoms with E-state index in [9.17, 15) is 20.3 Å². The number of aromatic nitrogens is 1.